The Labute approximate surface area is 245 Å². The lowest BCUT2D eigenvalue weighted by atomic mass is 9.89. The van der Waals surface area contributed by atoms with Crippen LogP contribution in [0.1, 0.15) is 104 Å². The summed E-state index contributed by atoms with van der Waals surface area (Å²) in [6, 6.07) is 9.03. The molecule has 3 aliphatic rings. The molecular formula is C33H39BrN2O4. The van der Waals surface area contributed by atoms with Gasteiger partial charge in [-0.2, -0.15) is 0 Å². The van der Waals surface area contributed by atoms with Gasteiger partial charge in [0.05, 0.1) is 24.6 Å². The molecule has 1 aliphatic carbocycles. The molecule has 2 fully saturated rings. The maximum absolute atomic E-state index is 14.0. The number of piperidine rings is 1. The summed E-state index contributed by atoms with van der Waals surface area (Å²) < 4.78 is 0.684. The molecule has 2 aliphatic heterocycles. The summed E-state index contributed by atoms with van der Waals surface area (Å²) in [5, 5.41) is 0. The first-order valence-corrected chi connectivity index (χ1v) is 15.6. The molecule has 0 unspecified atom stereocenters. The number of ketones is 3. The molecule has 40 heavy (non-hydrogen) atoms. The fourth-order valence-electron chi connectivity index (χ4n) is 6.82. The van der Waals surface area contributed by atoms with Crippen LogP contribution in [0.2, 0.25) is 0 Å². The topological polar surface area (TPSA) is 84.4 Å². The number of carbonyl (C=O) groups is 4. The van der Waals surface area contributed by atoms with Gasteiger partial charge >= 0.3 is 0 Å². The van der Waals surface area contributed by atoms with E-state index in [1.807, 2.05) is 42.2 Å². The lowest BCUT2D eigenvalue weighted by Crippen LogP contribution is -2.44. The first-order valence-electron chi connectivity index (χ1n) is 14.8. The maximum Gasteiger partial charge on any atom is 0.227 e. The number of Topliss-reactive ketones (excluding diaryl/α,β-unsaturated/α-hetero) is 3. The lowest BCUT2D eigenvalue weighted by molar-refractivity contribution is -0.138. The Kier molecular flexibility index (Phi) is 8.69. The van der Waals surface area contributed by atoms with Gasteiger partial charge in [-0.1, -0.05) is 37.5 Å². The zero-order valence-corrected chi connectivity index (χ0v) is 25.2. The smallest absolute Gasteiger partial charge is 0.227 e. The summed E-state index contributed by atoms with van der Waals surface area (Å²) in [4.78, 5) is 59.1. The van der Waals surface area contributed by atoms with E-state index in [1.54, 1.807) is 6.92 Å². The predicted octanol–water partition coefficient (Wildman–Crippen LogP) is 6.32. The Hall–Kier alpha value is -2.67. The summed E-state index contributed by atoms with van der Waals surface area (Å²) >= 11 is 3.42. The second-order valence-electron chi connectivity index (χ2n) is 12.2. The Morgan fingerprint density at radius 1 is 0.975 bits per heavy atom. The summed E-state index contributed by atoms with van der Waals surface area (Å²) in [7, 11) is 0. The van der Waals surface area contributed by atoms with Crippen LogP contribution in [0.4, 0.5) is 0 Å². The van der Waals surface area contributed by atoms with Crippen LogP contribution in [0.3, 0.4) is 0 Å². The van der Waals surface area contributed by atoms with Gasteiger partial charge in [0.2, 0.25) is 5.91 Å². The van der Waals surface area contributed by atoms with E-state index in [9.17, 15) is 19.2 Å². The second-order valence-corrected chi connectivity index (χ2v) is 13.0. The minimum atomic E-state index is -0.514. The number of halogens is 1. The molecule has 7 heteroatoms. The molecule has 6 nitrogen and oxygen atoms in total. The van der Waals surface area contributed by atoms with Gasteiger partial charge in [-0.3, -0.25) is 19.2 Å². The number of carbonyl (C=O) groups excluding carboxylic acids is 4. The molecule has 1 saturated heterocycles. The number of benzene rings is 1. The van der Waals surface area contributed by atoms with E-state index in [-0.39, 0.29) is 41.8 Å². The highest BCUT2D eigenvalue weighted by Gasteiger charge is 2.66. The van der Waals surface area contributed by atoms with E-state index in [4.69, 9.17) is 0 Å². The zero-order valence-electron chi connectivity index (χ0n) is 23.6. The van der Waals surface area contributed by atoms with Gasteiger partial charge in [0.15, 0.2) is 11.6 Å². The largest absolute Gasteiger partial charge is 0.329 e. The minimum Gasteiger partial charge on any atom is -0.329 e. The van der Waals surface area contributed by atoms with Gasteiger partial charge in [0.1, 0.15) is 10.4 Å². The van der Waals surface area contributed by atoms with Crippen molar-refractivity contribution in [3.05, 3.63) is 62.9 Å². The third-order valence-corrected chi connectivity index (χ3v) is 9.79. The Bertz CT molecular complexity index is 1340. The van der Waals surface area contributed by atoms with E-state index < -0.39 is 6.04 Å². The SMILES string of the molecule is CC(=O)c1ccc2c(c1)CC(=O)N1[C@H](C(=O)Cc3nc(Br)ccc3C)C[C@@]3(CCC(=O)CCCCCCC2)C[C@@H]13. The molecule has 3 atom stereocenters. The molecule has 1 amide bonds. The van der Waals surface area contributed by atoms with Crippen LogP contribution < -0.4 is 0 Å². The number of pyridine rings is 1. The van der Waals surface area contributed by atoms with Crippen LogP contribution in [-0.4, -0.2) is 45.2 Å². The summed E-state index contributed by atoms with van der Waals surface area (Å²) in [6.07, 6.45) is 9.72. The highest BCUT2D eigenvalue weighted by Crippen LogP contribution is 2.62. The molecule has 0 radical (unpaired) electrons. The normalized spacial score (nSPS) is 25.6. The van der Waals surface area contributed by atoms with Crippen LogP contribution in [0.25, 0.3) is 0 Å². The van der Waals surface area contributed by atoms with E-state index in [0.717, 1.165) is 73.8 Å². The van der Waals surface area contributed by atoms with E-state index >= 15 is 0 Å². The Morgan fingerprint density at radius 3 is 2.50 bits per heavy atom. The molecule has 212 valence electrons. The van der Waals surface area contributed by atoms with Gasteiger partial charge in [0, 0.05) is 24.4 Å². The van der Waals surface area contributed by atoms with Crippen molar-refractivity contribution in [2.24, 2.45) is 5.41 Å². The van der Waals surface area contributed by atoms with Crippen LogP contribution >= 0.6 is 15.9 Å². The van der Waals surface area contributed by atoms with E-state index in [2.05, 4.69) is 20.9 Å². The molecule has 1 saturated carbocycles. The van der Waals surface area contributed by atoms with Crippen molar-refractivity contribution in [2.45, 2.75) is 109 Å². The van der Waals surface area contributed by atoms with Gasteiger partial charge in [-0.15, -0.1) is 0 Å². The summed E-state index contributed by atoms with van der Waals surface area (Å²) in [5.74, 6) is 0.233. The van der Waals surface area contributed by atoms with Crippen LogP contribution in [0, 0.1) is 12.3 Å². The molecule has 3 heterocycles. The van der Waals surface area contributed by atoms with Crippen molar-refractivity contribution in [1.29, 1.82) is 0 Å². The monoisotopic (exact) mass is 606 g/mol. The number of amides is 1. The average Bonchev–Trinajstić information content (AvgIpc) is 3.52. The Morgan fingerprint density at radius 2 is 1.73 bits per heavy atom. The first kappa shape index (κ1) is 28.8. The third kappa shape index (κ3) is 6.29. The number of hydrogen-bond donors (Lipinski definition) is 0. The van der Waals surface area contributed by atoms with Gasteiger partial charge < -0.3 is 4.90 Å². The van der Waals surface area contributed by atoms with Crippen molar-refractivity contribution in [2.75, 3.05) is 0 Å². The third-order valence-electron chi connectivity index (χ3n) is 9.35. The number of aryl methyl sites for hydroxylation is 2. The molecular weight excluding hydrogens is 568 g/mol. The fraction of sp³-hybridized carbons (Fsp3) is 0.545. The second kappa shape index (κ2) is 12.1. The van der Waals surface area contributed by atoms with Crippen LogP contribution in [0.15, 0.2) is 34.9 Å². The van der Waals surface area contributed by atoms with Crippen molar-refractivity contribution in [1.82, 2.24) is 9.88 Å². The summed E-state index contributed by atoms with van der Waals surface area (Å²) in [6.45, 7) is 3.50. The van der Waals surface area contributed by atoms with Gasteiger partial charge in [0.25, 0.3) is 0 Å². The molecule has 1 aromatic heterocycles. The van der Waals surface area contributed by atoms with E-state index in [1.165, 1.54) is 0 Å². The number of aromatic nitrogens is 1. The highest BCUT2D eigenvalue weighted by atomic mass is 79.9. The number of nitrogens with zero attached hydrogens (tertiary/aromatic N) is 2. The van der Waals surface area contributed by atoms with Gasteiger partial charge in [-0.05, 0) is 103 Å². The summed E-state index contributed by atoms with van der Waals surface area (Å²) in [5.41, 5.74) is 4.14. The van der Waals surface area contributed by atoms with Crippen molar-refractivity contribution < 1.29 is 19.2 Å². The van der Waals surface area contributed by atoms with Crippen molar-refractivity contribution in [3.63, 3.8) is 0 Å². The maximum atomic E-state index is 14.0. The van der Waals surface area contributed by atoms with Crippen LogP contribution in [-0.2, 0) is 33.6 Å². The lowest BCUT2D eigenvalue weighted by Gasteiger charge is -2.27. The minimum absolute atomic E-state index is 0.00608. The number of hydrogen-bond acceptors (Lipinski definition) is 5. The van der Waals surface area contributed by atoms with E-state index in [0.29, 0.717) is 35.2 Å². The molecule has 0 N–H and O–H groups in total. The van der Waals surface area contributed by atoms with Crippen molar-refractivity contribution >= 4 is 39.2 Å². The predicted molar refractivity (Wildman–Crippen MR) is 157 cm³/mol. The first-order chi connectivity index (χ1) is 19.2. The molecule has 0 spiro atoms. The standard InChI is InChI=1S/C33H39BrN2O4/c1-21-10-13-31(34)35-27(21)18-29(39)28-19-33-15-14-26(38)9-7-5-3-4-6-8-23-11-12-24(22(2)37)16-25(23)17-32(40)36(28)30(33)20-33/h10-13,16,28,30H,3-9,14-15,17-20H2,1-2H3/t28-,30+,33-/m0/s1. The molecule has 1 aromatic carbocycles. The number of rotatable bonds is 4. The van der Waals surface area contributed by atoms with Crippen LogP contribution in [0.5, 0.6) is 0 Å². The number of fused-ring (bicyclic) bond motifs is 1. The molecule has 2 aromatic rings. The Balaban J connectivity index is 1.45. The van der Waals surface area contributed by atoms with Crippen molar-refractivity contribution in [3.8, 4) is 0 Å². The quantitative estimate of drug-likeness (QED) is 0.300. The van der Waals surface area contributed by atoms with Gasteiger partial charge in [-0.25, -0.2) is 4.98 Å². The molecule has 5 rings (SSSR count). The molecule has 2 bridgehead atoms. The highest BCUT2D eigenvalue weighted by molar-refractivity contribution is 9.10. The zero-order chi connectivity index (χ0) is 28.4. The average molecular weight is 608 g/mol. The fourth-order valence-corrected chi connectivity index (χ4v) is 7.17.